The molecule has 18 heavy (non-hydrogen) atoms. The molecule has 3 rings (SSSR count). The average molecular weight is 238 g/mol. The van der Waals surface area contributed by atoms with Crippen LogP contribution in [0.25, 0.3) is 5.57 Å². The van der Waals surface area contributed by atoms with E-state index in [2.05, 4.69) is 32.4 Å². The highest BCUT2D eigenvalue weighted by atomic mass is 14.9. The zero-order valence-corrected chi connectivity index (χ0v) is 9.95. The van der Waals surface area contributed by atoms with Crippen molar-refractivity contribution in [3.05, 3.63) is 60.5 Å². The lowest BCUT2D eigenvalue weighted by atomic mass is 9.93. The van der Waals surface area contributed by atoms with Gasteiger partial charge in [-0.15, -0.1) is 0 Å². The fraction of sp³-hybridized carbons (Fsp3) is 0.214. The van der Waals surface area contributed by atoms with E-state index in [9.17, 15) is 0 Å². The monoisotopic (exact) mass is 238 g/mol. The van der Waals surface area contributed by atoms with Gasteiger partial charge in [0.15, 0.2) is 0 Å². The molecule has 0 radical (unpaired) electrons. The van der Waals surface area contributed by atoms with Crippen molar-refractivity contribution in [3.8, 4) is 0 Å². The van der Waals surface area contributed by atoms with Gasteiger partial charge in [-0.1, -0.05) is 12.1 Å². The molecule has 4 heteroatoms. The molecule has 0 aromatic carbocycles. The van der Waals surface area contributed by atoms with Crippen LogP contribution in [0.15, 0.2) is 49.3 Å². The molecule has 0 bridgehead atoms. The maximum Gasteiger partial charge on any atom is 0.115 e. The first-order valence-electron chi connectivity index (χ1n) is 6.01. The standard InChI is InChI=1S/C14H14N4/c1-2-12(7-15-4-1)14-6-11(3-5-18-14)13-8-16-10-17-9-13/h1-4,7-10,14,18H,5-6H2. The van der Waals surface area contributed by atoms with Crippen LogP contribution in [-0.2, 0) is 0 Å². The van der Waals surface area contributed by atoms with E-state index in [4.69, 9.17) is 0 Å². The van der Waals surface area contributed by atoms with E-state index >= 15 is 0 Å². The second kappa shape index (κ2) is 5.06. The van der Waals surface area contributed by atoms with Crippen molar-refractivity contribution < 1.29 is 0 Å². The summed E-state index contributed by atoms with van der Waals surface area (Å²) in [4.78, 5) is 12.3. The molecule has 0 saturated heterocycles. The van der Waals surface area contributed by atoms with Gasteiger partial charge in [0.1, 0.15) is 6.33 Å². The number of hydrogen-bond acceptors (Lipinski definition) is 4. The van der Waals surface area contributed by atoms with Crippen LogP contribution in [-0.4, -0.2) is 21.5 Å². The Labute approximate surface area is 106 Å². The third kappa shape index (κ3) is 2.28. The first-order valence-corrected chi connectivity index (χ1v) is 6.01. The average Bonchev–Trinajstić information content (AvgIpc) is 2.49. The maximum absolute atomic E-state index is 4.17. The van der Waals surface area contributed by atoms with Gasteiger partial charge in [0, 0.05) is 42.9 Å². The van der Waals surface area contributed by atoms with Gasteiger partial charge in [0.2, 0.25) is 0 Å². The Bertz CT molecular complexity index is 536. The second-order valence-corrected chi connectivity index (χ2v) is 4.31. The quantitative estimate of drug-likeness (QED) is 0.869. The van der Waals surface area contributed by atoms with Crippen molar-refractivity contribution in [1.29, 1.82) is 0 Å². The van der Waals surface area contributed by atoms with Crippen molar-refractivity contribution in [2.24, 2.45) is 0 Å². The van der Waals surface area contributed by atoms with Crippen molar-refractivity contribution in [2.45, 2.75) is 12.5 Å². The van der Waals surface area contributed by atoms with Crippen molar-refractivity contribution >= 4 is 5.57 Å². The van der Waals surface area contributed by atoms with Crippen molar-refractivity contribution in [2.75, 3.05) is 6.54 Å². The zero-order valence-electron chi connectivity index (χ0n) is 9.95. The molecule has 1 aliphatic heterocycles. The molecule has 0 fully saturated rings. The molecule has 2 aromatic heterocycles. The number of hydrogen-bond donors (Lipinski definition) is 1. The molecule has 0 saturated carbocycles. The molecule has 0 amide bonds. The van der Waals surface area contributed by atoms with E-state index < -0.39 is 0 Å². The van der Waals surface area contributed by atoms with Crippen LogP contribution in [0.5, 0.6) is 0 Å². The molecule has 1 atom stereocenters. The van der Waals surface area contributed by atoms with Gasteiger partial charge in [-0.25, -0.2) is 9.97 Å². The highest BCUT2D eigenvalue weighted by Gasteiger charge is 2.17. The minimum atomic E-state index is 0.318. The third-order valence-electron chi connectivity index (χ3n) is 3.15. The van der Waals surface area contributed by atoms with Crippen LogP contribution < -0.4 is 5.32 Å². The van der Waals surface area contributed by atoms with E-state index in [1.165, 1.54) is 11.1 Å². The SMILES string of the molecule is C1=C(c2cncnc2)CC(c2cccnc2)NC1. The summed E-state index contributed by atoms with van der Waals surface area (Å²) in [6, 6.07) is 4.40. The fourth-order valence-corrected chi connectivity index (χ4v) is 2.22. The van der Waals surface area contributed by atoms with Gasteiger partial charge in [-0.3, -0.25) is 4.98 Å². The van der Waals surface area contributed by atoms with Crippen LogP contribution in [0.4, 0.5) is 0 Å². The maximum atomic E-state index is 4.17. The molecule has 3 heterocycles. The molecular weight excluding hydrogens is 224 g/mol. The van der Waals surface area contributed by atoms with Crippen LogP contribution in [0.3, 0.4) is 0 Å². The van der Waals surface area contributed by atoms with Crippen LogP contribution in [0, 0.1) is 0 Å². The smallest absolute Gasteiger partial charge is 0.115 e. The number of pyridine rings is 1. The Hall–Kier alpha value is -2.07. The summed E-state index contributed by atoms with van der Waals surface area (Å²) >= 11 is 0. The lowest BCUT2D eigenvalue weighted by molar-refractivity contribution is 0.561. The van der Waals surface area contributed by atoms with E-state index in [0.29, 0.717) is 6.04 Å². The normalized spacial score (nSPS) is 19.3. The van der Waals surface area contributed by atoms with Gasteiger partial charge < -0.3 is 5.32 Å². The molecular formula is C14H14N4. The van der Waals surface area contributed by atoms with Gasteiger partial charge in [-0.05, 0) is 23.6 Å². The minimum absolute atomic E-state index is 0.318. The molecule has 90 valence electrons. The number of nitrogens with zero attached hydrogens (tertiary/aromatic N) is 3. The highest BCUT2D eigenvalue weighted by Crippen LogP contribution is 2.28. The van der Waals surface area contributed by atoms with Crippen molar-refractivity contribution in [3.63, 3.8) is 0 Å². The highest BCUT2D eigenvalue weighted by molar-refractivity contribution is 5.66. The van der Waals surface area contributed by atoms with E-state index in [1.54, 1.807) is 12.5 Å². The third-order valence-corrected chi connectivity index (χ3v) is 3.15. The number of rotatable bonds is 2. The molecule has 2 aromatic rings. The summed E-state index contributed by atoms with van der Waals surface area (Å²) in [5, 5.41) is 3.48. The Morgan fingerprint density at radius 2 is 2.00 bits per heavy atom. The van der Waals surface area contributed by atoms with Crippen molar-refractivity contribution in [1.82, 2.24) is 20.3 Å². The lowest BCUT2D eigenvalue weighted by Crippen LogP contribution is -2.25. The Kier molecular flexibility index (Phi) is 3.10. The minimum Gasteiger partial charge on any atom is -0.306 e. The van der Waals surface area contributed by atoms with Gasteiger partial charge in [0.25, 0.3) is 0 Å². The summed E-state index contributed by atoms with van der Waals surface area (Å²) in [7, 11) is 0. The Morgan fingerprint density at radius 3 is 2.78 bits per heavy atom. The Balaban J connectivity index is 1.82. The van der Waals surface area contributed by atoms with E-state index in [1.807, 2.05) is 24.7 Å². The van der Waals surface area contributed by atoms with E-state index in [0.717, 1.165) is 18.5 Å². The van der Waals surface area contributed by atoms with Crippen LogP contribution in [0.2, 0.25) is 0 Å². The number of nitrogens with one attached hydrogen (secondary N) is 1. The van der Waals surface area contributed by atoms with Crippen LogP contribution in [0.1, 0.15) is 23.6 Å². The summed E-state index contributed by atoms with van der Waals surface area (Å²) in [6.07, 6.45) is 12.2. The molecule has 1 unspecified atom stereocenters. The first kappa shape index (κ1) is 11.0. The molecule has 1 aliphatic rings. The van der Waals surface area contributed by atoms with E-state index in [-0.39, 0.29) is 0 Å². The summed E-state index contributed by atoms with van der Waals surface area (Å²) < 4.78 is 0. The first-order chi connectivity index (χ1) is 8.93. The predicted octanol–water partition coefficient (Wildman–Crippen LogP) is 1.99. The molecule has 0 spiro atoms. The topological polar surface area (TPSA) is 50.7 Å². The summed E-state index contributed by atoms with van der Waals surface area (Å²) in [6.45, 7) is 0.865. The van der Waals surface area contributed by atoms with Crippen LogP contribution >= 0.6 is 0 Å². The largest absolute Gasteiger partial charge is 0.306 e. The fourth-order valence-electron chi connectivity index (χ4n) is 2.22. The summed E-state index contributed by atoms with van der Waals surface area (Å²) in [5.74, 6) is 0. The van der Waals surface area contributed by atoms with Gasteiger partial charge >= 0.3 is 0 Å². The summed E-state index contributed by atoms with van der Waals surface area (Å²) in [5.41, 5.74) is 3.62. The lowest BCUT2D eigenvalue weighted by Gasteiger charge is -2.24. The second-order valence-electron chi connectivity index (χ2n) is 4.31. The van der Waals surface area contributed by atoms with Gasteiger partial charge in [-0.2, -0.15) is 0 Å². The molecule has 0 aliphatic carbocycles. The predicted molar refractivity (Wildman–Crippen MR) is 69.6 cm³/mol. The Morgan fingerprint density at radius 1 is 1.11 bits per heavy atom. The zero-order chi connectivity index (χ0) is 12.2. The van der Waals surface area contributed by atoms with Gasteiger partial charge in [0.05, 0.1) is 0 Å². The molecule has 1 N–H and O–H groups in total. The number of aromatic nitrogens is 3. The molecule has 4 nitrogen and oxygen atoms in total.